The molecule has 1 aromatic rings. The van der Waals surface area contributed by atoms with Gasteiger partial charge in [0.25, 0.3) is 5.89 Å². The van der Waals surface area contributed by atoms with Gasteiger partial charge in [-0.25, -0.2) is 0 Å². The molecule has 1 aliphatic rings. The van der Waals surface area contributed by atoms with Crippen molar-refractivity contribution >= 4 is 0 Å². The number of nitrogens with two attached hydrogens (primary N) is 1. The van der Waals surface area contributed by atoms with Gasteiger partial charge in [0.1, 0.15) is 0 Å². The third-order valence-electron chi connectivity index (χ3n) is 2.92. The molecule has 4 nitrogen and oxygen atoms in total. The molecule has 3 atom stereocenters. The Balaban J connectivity index is 2.25. The van der Waals surface area contributed by atoms with Gasteiger partial charge in [0.05, 0.1) is 0 Å². The van der Waals surface area contributed by atoms with Gasteiger partial charge in [-0.3, -0.25) is 0 Å². The fourth-order valence-corrected chi connectivity index (χ4v) is 1.40. The quantitative estimate of drug-likeness (QED) is 0.850. The van der Waals surface area contributed by atoms with Gasteiger partial charge in [0.15, 0.2) is 11.4 Å². The lowest BCUT2D eigenvalue weighted by Gasteiger charge is -2.22. The van der Waals surface area contributed by atoms with Crippen LogP contribution in [0.4, 0.5) is 13.2 Å². The maximum atomic E-state index is 12.6. The average Bonchev–Trinajstić information content (AvgIpc) is 2.68. The van der Waals surface area contributed by atoms with Crippen molar-refractivity contribution in [2.45, 2.75) is 37.9 Å². The molecule has 7 heteroatoms. The third-order valence-corrected chi connectivity index (χ3v) is 2.92. The van der Waals surface area contributed by atoms with Crippen LogP contribution in [0.2, 0.25) is 0 Å². The molecule has 0 amide bonds. The van der Waals surface area contributed by atoms with Gasteiger partial charge >= 0.3 is 6.18 Å². The van der Waals surface area contributed by atoms with Crippen molar-refractivity contribution in [1.29, 1.82) is 0 Å². The SMILES string of the molecule is CC1CC1c1noc(C(C)(N)C(F)(F)F)n1. The van der Waals surface area contributed by atoms with Crippen LogP contribution in [0.3, 0.4) is 0 Å². The number of hydrogen-bond acceptors (Lipinski definition) is 4. The van der Waals surface area contributed by atoms with Crippen LogP contribution in [0.25, 0.3) is 0 Å². The van der Waals surface area contributed by atoms with Crippen LogP contribution in [-0.2, 0) is 5.54 Å². The minimum atomic E-state index is -4.61. The fourth-order valence-electron chi connectivity index (χ4n) is 1.40. The summed E-state index contributed by atoms with van der Waals surface area (Å²) >= 11 is 0. The fraction of sp³-hybridized carbons (Fsp3) is 0.778. The Morgan fingerprint density at radius 2 is 2.00 bits per heavy atom. The molecule has 1 heterocycles. The van der Waals surface area contributed by atoms with E-state index >= 15 is 0 Å². The second kappa shape index (κ2) is 3.19. The Morgan fingerprint density at radius 1 is 1.44 bits per heavy atom. The standard InChI is InChI=1S/C9H12F3N3O/c1-4-3-5(4)6-14-7(16-15-6)8(2,13)9(10,11)12/h4-5H,3,13H2,1-2H3. The zero-order valence-electron chi connectivity index (χ0n) is 8.88. The van der Waals surface area contributed by atoms with Crippen molar-refractivity contribution in [1.82, 2.24) is 10.1 Å². The molecule has 0 aromatic carbocycles. The lowest BCUT2D eigenvalue weighted by Crippen LogP contribution is -2.48. The van der Waals surface area contributed by atoms with Crippen LogP contribution < -0.4 is 5.73 Å². The minimum Gasteiger partial charge on any atom is -0.337 e. The number of halogens is 3. The van der Waals surface area contributed by atoms with E-state index in [1.807, 2.05) is 6.92 Å². The predicted molar refractivity (Wildman–Crippen MR) is 48.4 cm³/mol. The van der Waals surface area contributed by atoms with Gasteiger partial charge in [-0.1, -0.05) is 12.1 Å². The number of alkyl halides is 3. The normalized spacial score (nSPS) is 28.9. The largest absolute Gasteiger partial charge is 0.415 e. The number of aromatic nitrogens is 2. The number of rotatable bonds is 2. The molecule has 0 aliphatic heterocycles. The van der Waals surface area contributed by atoms with Gasteiger partial charge < -0.3 is 10.3 Å². The molecule has 1 saturated carbocycles. The Bertz CT molecular complexity index is 399. The lowest BCUT2D eigenvalue weighted by molar-refractivity contribution is -0.190. The molecule has 3 unspecified atom stereocenters. The Kier molecular flexibility index (Phi) is 2.27. The summed E-state index contributed by atoms with van der Waals surface area (Å²) < 4.78 is 42.3. The average molecular weight is 235 g/mol. The third kappa shape index (κ3) is 1.68. The van der Waals surface area contributed by atoms with Gasteiger partial charge in [-0.15, -0.1) is 0 Å². The topological polar surface area (TPSA) is 64.9 Å². The molecule has 0 spiro atoms. The van der Waals surface area contributed by atoms with E-state index in [2.05, 4.69) is 14.7 Å². The molecule has 90 valence electrons. The summed E-state index contributed by atoms with van der Waals surface area (Å²) in [6.45, 7) is 2.80. The molecule has 0 radical (unpaired) electrons. The lowest BCUT2D eigenvalue weighted by atomic mass is 10.0. The number of nitrogens with zero attached hydrogens (tertiary/aromatic N) is 2. The molecular weight excluding hydrogens is 223 g/mol. The summed E-state index contributed by atoms with van der Waals surface area (Å²) in [5.41, 5.74) is 2.58. The predicted octanol–water partition coefficient (Wildman–Crippen LogP) is 1.93. The van der Waals surface area contributed by atoms with Crippen LogP contribution in [0.1, 0.15) is 37.9 Å². The molecule has 1 fully saturated rings. The van der Waals surface area contributed by atoms with Crippen LogP contribution in [0, 0.1) is 5.92 Å². The zero-order valence-corrected chi connectivity index (χ0v) is 8.88. The van der Waals surface area contributed by atoms with E-state index < -0.39 is 17.6 Å². The van der Waals surface area contributed by atoms with E-state index in [9.17, 15) is 13.2 Å². The highest BCUT2D eigenvalue weighted by Crippen LogP contribution is 2.46. The summed E-state index contributed by atoms with van der Waals surface area (Å²) in [6.07, 6.45) is -3.72. The Morgan fingerprint density at radius 3 is 2.44 bits per heavy atom. The molecule has 16 heavy (non-hydrogen) atoms. The minimum absolute atomic E-state index is 0.113. The van der Waals surface area contributed by atoms with Crippen molar-refractivity contribution in [3.05, 3.63) is 11.7 Å². The second-order valence-electron chi connectivity index (χ2n) is 4.48. The number of hydrogen-bond donors (Lipinski definition) is 1. The highest BCUT2D eigenvalue weighted by atomic mass is 19.4. The van der Waals surface area contributed by atoms with Crippen LogP contribution in [0.5, 0.6) is 0 Å². The first-order valence-electron chi connectivity index (χ1n) is 4.93. The van der Waals surface area contributed by atoms with Crippen LogP contribution in [0.15, 0.2) is 4.52 Å². The first-order chi connectivity index (χ1) is 7.23. The first-order valence-corrected chi connectivity index (χ1v) is 4.93. The van der Waals surface area contributed by atoms with Crippen LogP contribution in [-0.4, -0.2) is 16.3 Å². The summed E-state index contributed by atoms with van der Waals surface area (Å²) in [5.74, 6) is 0.263. The van der Waals surface area contributed by atoms with Gasteiger partial charge in [0.2, 0.25) is 0 Å². The maximum absolute atomic E-state index is 12.6. The van der Waals surface area contributed by atoms with E-state index in [0.717, 1.165) is 13.3 Å². The van der Waals surface area contributed by atoms with Crippen molar-refractivity contribution in [2.75, 3.05) is 0 Å². The van der Waals surface area contributed by atoms with Crippen molar-refractivity contribution in [3.63, 3.8) is 0 Å². The highest BCUT2D eigenvalue weighted by Gasteiger charge is 2.54. The highest BCUT2D eigenvalue weighted by molar-refractivity contribution is 5.11. The van der Waals surface area contributed by atoms with E-state index in [4.69, 9.17) is 5.73 Å². The molecule has 2 N–H and O–H groups in total. The maximum Gasteiger partial charge on any atom is 0.415 e. The summed E-state index contributed by atoms with van der Waals surface area (Å²) in [5, 5.41) is 3.54. The van der Waals surface area contributed by atoms with E-state index in [-0.39, 0.29) is 5.92 Å². The van der Waals surface area contributed by atoms with Crippen LogP contribution >= 0.6 is 0 Å². The molecule has 0 saturated heterocycles. The van der Waals surface area contributed by atoms with E-state index in [1.165, 1.54) is 0 Å². The second-order valence-corrected chi connectivity index (χ2v) is 4.48. The molecule has 2 rings (SSSR count). The monoisotopic (exact) mass is 235 g/mol. The van der Waals surface area contributed by atoms with Crippen molar-refractivity contribution < 1.29 is 17.7 Å². The first kappa shape index (κ1) is 11.4. The molecule has 0 bridgehead atoms. The smallest absolute Gasteiger partial charge is 0.337 e. The van der Waals surface area contributed by atoms with Crippen molar-refractivity contribution in [3.8, 4) is 0 Å². The van der Waals surface area contributed by atoms with Crippen molar-refractivity contribution in [2.24, 2.45) is 11.7 Å². The van der Waals surface area contributed by atoms with Gasteiger partial charge in [-0.05, 0) is 19.3 Å². The van der Waals surface area contributed by atoms with E-state index in [1.54, 1.807) is 0 Å². The summed E-state index contributed by atoms with van der Waals surface area (Å²) in [4.78, 5) is 3.74. The Labute approximate surface area is 90.0 Å². The molecular formula is C9H12F3N3O. The zero-order chi connectivity index (χ0) is 12.1. The summed E-state index contributed by atoms with van der Waals surface area (Å²) in [7, 11) is 0. The summed E-state index contributed by atoms with van der Waals surface area (Å²) in [6, 6.07) is 0. The molecule has 1 aliphatic carbocycles. The molecule has 1 aromatic heterocycles. The van der Waals surface area contributed by atoms with E-state index in [0.29, 0.717) is 11.7 Å². The Hall–Kier alpha value is -1.11. The van der Waals surface area contributed by atoms with Gasteiger partial charge in [-0.2, -0.15) is 18.2 Å². The van der Waals surface area contributed by atoms with Gasteiger partial charge in [0, 0.05) is 5.92 Å².